The van der Waals surface area contributed by atoms with E-state index in [4.69, 9.17) is 4.74 Å². The van der Waals surface area contributed by atoms with Gasteiger partial charge in [-0.3, -0.25) is 9.78 Å². The Labute approximate surface area is 103 Å². The summed E-state index contributed by atoms with van der Waals surface area (Å²) >= 11 is 2.13. The van der Waals surface area contributed by atoms with Gasteiger partial charge < -0.3 is 4.74 Å². The van der Waals surface area contributed by atoms with E-state index in [0.717, 1.165) is 9.26 Å². The molecule has 0 aliphatic heterocycles. The van der Waals surface area contributed by atoms with Crippen molar-refractivity contribution >= 4 is 28.6 Å². The monoisotopic (exact) mass is 319 g/mol. The fraction of sp³-hybridized carbons (Fsp3) is 0.455. The van der Waals surface area contributed by atoms with Crippen LogP contribution in [0.5, 0.6) is 0 Å². The highest BCUT2D eigenvalue weighted by Gasteiger charge is 2.16. The Kier molecular flexibility index (Phi) is 4.07. The fourth-order valence-corrected chi connectivity index (χ4v) is 1.37. The second-order valence-electron chi connectivity index (χ2n) is 4.25. The molecule has 0 aliphatic carbocycles. The molecule has 0 radical (unpaired) electrons. The van der Waals surface area contributed by atoms with Crippen LogP contribution in [0.3, 0.4) is 0 Å². The van der Waals surface area contributed by atoms with Gasteiger partial charge in [0, 0.05) is 6.20 Å². The van der Waals surface area contributed by atoms with Crippen molar-refractivity contribution in [3.63, 3.8) is 0 Å². The summed E-state index contributed by atoms with van der Waals surface area (Å²) in [5.74, 6) is -0.217. The first kappa shape index (κ1) is 12.4. The molecule has 0 amide bonds. The van der Waals surface area contributed by atoms with E-state index in [0.29, 0.717) is 0 Å². The molecule has 82 valence electrons. The van der Waals surface area contributed by atoms with E-state index in [9.17, 15) is 4.79 Å². The van der Waals surface area contributed by atoms with Crippen LogP contribution in [0.4, 0.5) is 0 Å². The molecule has 0 spiro atoms. The molecule has 1 aromatic heterocycles. The Morgan fingerprint density at radius 2 is 2.13 bits per heavy atom. The van der Waals surface area contributed by atoms with Gasteiger partial charge in [0.2, 0.25) is 0 Å². The van der Waals surface area contributed by atoms with Gasteiger partial charge in [0.05, 0.1) is 6.42 Å². The van der Waals surface area contributed by atoms with Gasteiger partial charge in [-0.25, -0.2) is 0 Å². The number of hydrogen-bond donors (Lipinski definition) is 0. The number of hydrogen-bond acceptors (Lipinski definition) is 3. The molecule has 0 unspecified atom stereocenters. The van der Waals surface area contributed by atoms with Gasteiger partial charge in [0.25, 0.3) is 0 Å². The first-order chi connectivity index (χ1) is 6.87. The molecule has 0 N–H and O–H groups in total. The van der Waals surface area contributed by atoms with Gasteiger partial charge in [0.15, 0.2) is 0 Å². The van der Waals surface area contributed by atoms with Crippen LogP contribution in [0, 0.1) is 3.70 Å². The van der Waals surface area contributed by atoms with Crippen LogP contribution >= 0.6 is 22.6 Å². The average molecular weight is 319 g/mol. The average Bonchev–Trinajstić information content (AvgIpc) is 2.05. The van der Waals surface area contributed by atoms with Gasteiger partial charge >= 0.3 is 5.97 Å². The van der Waals surface area contributed by atoms with Crippen molar-refractivity contribution < 1.29 is 9.53 Å². The lowest BCUT2D eigenvalue weighted by atomic mass is 10.2. The molecule has 1 rings (SSSR count). The molecular weight excluding hydrogens is 305 g/mol. The number of pyridine rings is 1. The van der Waals surface area contributed by atoms with Crippen LogP contribution in [0.2, 0.25) is 0 Å². The zero-order valence-electron chi connectivity index (χ0n) is 9.08. The zero-order valence-corrected chi connectivity index (χ0v) is 11.2. The molecule has 0 atom stereocenters. The summed E-state index contributed by atoms with van der Waals surface area (Å²) in [6, 6.07) is 3.76. The molecule has 1 heterocycles. The third-order valence-corrected chi connectivity index (χ3v) is 2.20. The number of aromatic nitrogens is 1. The maximum Gasteiger partial charge on any atom is 0.310 e. The Morgan fingerprint density at radius 1 is 1.47 bits per heavy atom. The van der Waals surface area contributed by atoms with Gasteiger partial charge in [0.1, 0.15) is 9.30 Å². The Bertz CT molecular complexity index is 341. The summed E-state index contributed by atoms with van der Waals surface area (Å²) < 4.78 is 6.12. The molecular formula is C11H14INO2. The maximum atomic E-state index is 11.5. The van der Waals surface area contributed by atoms with Crippen LogP contribution in [0.15, 0.2) is 18.3 Å². The van der Waals surface area contributed by atoms with Crippen molar-refractivity contribution in [2.75, 3.05) is 0 Å². The number of esters is 1. The topological polar surface area (TPSA) is 39.2 Å². The molecule has 0 saturated carbocycles. The van der Waals surface area contributed by atoms with Crippen molar-refractivity contribution in [3.8, 4) is 0 Å². The summed E-state index contributed by atoms with van der Waals surface area (Å²) in [5.41, 5.74) is 0.456. The van der Waals surface area contributed by atoms with Crippen molar-refractivity contribution in [1.29, 1.82) is 0 Å². The predicted octanol–water partition coefficient (Wildman–Crippen LogP) is 2.57. The minimum Gasteiger partial charge on any atom is -0.460 e. The smallest absolute Gasteiger partial charge is 0.310 e. The van der Waals surface area contributed by atoms with Crippen molar-refractivity contribution in [1.82, 2.24) is 4.98 Å². The van der Waals surface area contributed by atoms with Gasteiger partial charge in [-0.05, 0) is 55.0 Å². The van der Waals surface area contributed by atoms with Gasteiger partial charge in [-0.2, -0.15) is 0 Å². The minimum atomic E-state index is -0.423. The van der Waals surface area contributed by atoms with E-state index in [1.807, 2.05) is 32.9 Å². The molecule has 0 aromatic carbocycles. The van der Waals surface area contributed by atoms with E-state index in [1.54, 1.807) is 6.20 Å². The number of carbonyl (C=O) groups excluding carboxylic acids is 1. The Balaban J connectivity index is 2.55. The summed E-state index contributed by atoms with van der Waals surface area (Å²) in [5, 5.41) is 0. The maximum absolute atomic E-state index is 11.5. The summed E-state index contributed by atoms with van der Waals surface area (Å²) in [6.45, 7) is 5.57. The highest BCUT2D eigenvalue weighted by atomic mass is 127. The van der Waals surface area contributed by atoms with E-state index >= 15 is 0 Å². The van der Waals surface area contributed by atoms with Crippen molar-refractivity contribution in [2.45, 2.75) is 32.8 Å². The molecule has 0 aliphatic rings. The van der Waals surface area contributed by atoms with Crippen LogP contribution < -0.4 is 0 Å². The number of halogens is 1. The van der Waals surface area contributed by atoms with E-state index in [2.05, 4.69) is 27.6 Å². The molecule has 0 fully saturated rings. The van der Waals surface area contributed by atoms with Gasteiger partial charge in [-0.15, -0.1) is 0 Å². The summed E-state index contributed by atoms with van der Waals surface area (Å²) in [4.78, 5) is 15.6. The minimum absolute atomic E-state index is 0.217. The SMILES string of the molecule is CC(C)(C)OC(=O)Cc1ccc(I)nc1. The highest BCUT2D eigenvalue weighted by Crippen LogP contribution is 2.10. The van der Waals surface area contributed by atoms with E-state index in [1.165, 1.54) is 0 Å². The zero-order chi connectivity index (χ0) is 11.5. The number of rotatable bonds is 2. The van der Waals surface area contributed by atoms with Crippen molar-refractivity contribution in [2.24, 2.45) is 0 Å². The number of ether oxygens (including phenoxy) is 1. The number of nitrogens with zero attached hydrogens (tertiary/aromatic N) is 1. The Morgan fingerprint density at radius 3 is 2.60 bits per heavy atom. The lowest BCUT2D eigenvalue weighted by Crippen LogP contribution is -2.24. The largest absolute Gasteiger partial charge is 0.460 e. The predicted molar refractivity (Wildman–Crippen MR) is 66.5 cm³/mol. The second kappa shape index (κ2) is 4.92. The second-order valence-corrected chi connectivity index (χ2v) is 5.36. The highest BCUT2D eigenvalue weighted by molar-refractivity contribution is 14.1. The molecule has 0 bridgehead atoms. The Hall–Kier alpha value is -0.650. The van der Waals surface area contributed by atoms with Gasteiger partial charge in [-0.1, -0.05) is 6.07 Å². The standard InChI is InChI=1S/C11H14INO2/c1-11(2,3)15-10(14)6-8-4-5-9(12)13-7-8/h4-5,7H,6H2,1-3H3. The van der Waals surface area contributed by atoms with E-state index < -0.39 is 5.60 Å². The normalized spacial score (nSPS) is 11.2. The molecule has 0 saturated heterocycles. The molecule has 1 aromatic rings. The summed E-state index contributed by atoms with van der Waals surface area (Å²) in [6.07, 6.45) is 1.98. The first-order valence-corrected chi connectivity index (χ1v) is 5.77. The molecule has 15 heavy (non-hydrogen) atoms. The lowest BCUT2D eigenvalue weighted by molar-refractivity contribution is -0.153. The van der Waals surface area contributed by atoms with Crippen LogP contribution in [-0.2, 0) is 16.0 Å². The fourth-order valence-electron chi connectivity index (χ4n) is 1.06. The van der Waals surface area contributed by atoms with Crippen molar-refractivity contribution in [3.05, 3.63) is 27.6 Å². The molecule has 4 heteroatoms. The van der Waals surface area contributed by atoms with Crippen LogP contribution in [-0.4, -0.2) is 16.6 Å². The molecule has 3 nitrogen and oxygen atoms in total. The summed E-state index contributed by atoms with van der Waals surface area (Å²) in [7, 11) is 0. The lowest BCUT2D eigenvalue weighted by Gasteiger charge is -2.19. The third kappa shape index (κ3) is 5.11. The first-order valence-electron chi connectivity index (χ1n) is 4.69. The van der Waals surface area contributed by atoms with Crippen LogP contribution in [0.25, 0.3) is 0 Å². The third-order valence-electron chi connectivity index (χ3n) is 1.56. The quantitative estimate of drug-likeness (QED) is 0.478. The van der Waals surface area contributed by atoms with E-state index in [-0.39, 0.29) is 12.4 Å². The number of carbonyl (C=O) groups is 1. The van der Waals surface area contributed by atoms with Crippen LogP contribution in [0.1, 0.15) is 26.3 Å².